The van der Waals surface area contributed by atoms with Gasteiger partial charge in [-0.3, -0.25) is 14.9 Å². The number of nitrogens with one attached hydrogen (secondary N) is 1. The average Bonchev–Trinajstić information content (AvgIpc) is 2.49. The molecule has 0 saturated carbocycles. The van der Waals surface area contributed by atoms with Crippen molar-refractivity contribution in [2.24, 2.45) is 5.10 Å². The van der Waals surface area contributed by atoms with Gasteiger partial charge in [0.25, 0.3) is 5.69 Å². The Morgan fingerprint density at radius 2 is 1.91 bits per heavy atom. The summed E-state index contributed by atoms with van der Waals surface area (Å²) in [6.45, 7) is 0. The molecule has 0 bridgehead atoms. The van der Waals surface area contributed by atoms with Crippen molar-refractivity contribution >= 4 is 17.8 Å². The van der Waals surface area contributed by atoms with Crippen molar-refractivity contribution in [1.29, 1.82) is 0 Å². The maximum Gasteiger partial charge on any atom is 0.273 e. The molecule has 7 heteroatoms. The zero-order valence-electron chi connectivity index (χ0n) is 11.5. The Morgan fingerprint density at radius 3 is 2.59 bits per heavy atom. The van der Waals surface area contributed by atoms with Gasteiger partial charge in [0, 0.05) is 11.6 Å². The highest BCUT2D eigenvalue weighted by atomic mass is 16.6. The third kappa shape index (κ3) is 4.14. The number of carbonyl (C=O) groups is 1. The molecule has 22 heavy (non-hydrogen) atoms. The van der Waals surface area contributed by atoms with E-state index in [4.69, 9.17) is 5.11 Å². The molecule has 0 saturated heterocycles. The predicted octanol–water partition coefficient (Wildman–Crippen LogP) is 1.99. The van der Waals surface area contributed by atoms with Crippen LogP contribution in [0.3, 0.4) is 0 Å². The summed E-state index contributed by atoms with van der Waals surface area (Å²) in [6, 6.07) is 12.3. The molecule has 0 aromatic heterocycles. The van der Waals surface area contributed by atoms with Gasteiger partial charge >= 0.3 is 0 Å². The highest BCUT2D eigenvalue weighted by molar-refractivity contribution is 5.83. The normalized spacial score (nSPS) is 10.5. The van der Waals surface area contributed by atoms with Gasteiger partial charge in [0.1, 0.15) is 5.75 Å². The number of para-hydroxylation sites is 1. The molecule has 0 heterocycles. The van der Waals surface area contributed by atoms with Crippen molar-refractivity contribution in [2.75, 3.05) is 0 Å². The lowest BCUT2D eigenvalue weighted by atomic mass is 10.1. The lowest BCUT2D eigenvalue weighted by Gasteiger charge is -2.01. The van der Waals surface area contributed by atoms with Crippen LogP contribution in [0.5, 0.6) is 5.75 Å². The Balaban J connectivity index is 1.96. The first kappa shape index (κ1) is 15.2. The van der Waals surface area contributed by atoms with Gasteiger partial charge in [-0.2, -0.15) is 5.10 Å². The SMILES string of the molecule is O=C(Cc1ccccc1[N+](=O)[O-])N/N=C/c1ccc(O)cc1. The van der Waals surface area contributed by atoms with Crippen LogP contribution in [0.2, 0.25) is 0 Å². The molecule has 0 spiro atoms. The van der Waals surface area contributed by atoms with E-state index in [9.17, 15) is 14.9 Å². The first-order valence-electron chi connectivity index (χ1n) is 6.39. The number of nitrogens with zero attached hydrogens (tertiary/aromatic N) is 2. The second kappa shape index (κ2) is 6.98. The topological polar surface area (TPSA) is 105 Å². The molecule has 1 amide bonds. The van der Waals surface area contributed by atoms with Crippen LogP contribution in [0.25, 0.3) is 0 Å². The number of benzene rings is 2. The monoisotopic (exact) mass is 299 g/mol. The first-order chi connectivity index (χ1) is 10.6. The minimum absolute atomic E-state index is 0.0971. The molecule has 2 aromatic carbocycles. The fourth-order valence-corrected chi connectivity index (χ4v) is 1.79. The number of nitro groups is 1. The van der Waals surface area contributed by atoms with Crippen LogP contribution in [0.1, 0.15) is 11.1 Å². The van der Waals surface area contributed by atoms with Crippen LogP contribution in [-0.2, 0) is 11.2 Å². The smallest absolute Gasteiger partial charge is 0.273 e. The summed E-state index contributed by atoms with van der Waals surface area (Å²) in [6.07, 6.45) is 1.28. The molecular weight excluding hydrogens is 286 g/mol. The summed E-state index contributed by atoms with van der Waals surface area (Å²) in [5.41, 5.74) is 3.23. The van der Waals surface area contributed by atoms with Crippen LogP contribution in [0.4, 0.5) is 5.69 Å². The van der Waals surface area contributed by atoms with Gasteiger partial charge in [0.15, 0.2) is 0 Å². The summed E-state index contributed by atoms with van der Waals surface area (Å²) >= 11 is 0. The fraction of sp³-hybridized carbons (Fsp3) is 0.0667. The van der Waals surface area contributed by atoms with Crippen LogP contribution in [0, 0.1) is 10.1 Å². The van der Waals surface area contributed by atoms with Gasteiger partial charge in [0.2, 0.25) is 5.91 Å². The molecule has 0 aliphatic carbocycles. The van der Waals surface area contributed by atoms with E-state index in [1.807, 2.05) is 0 Å². The van der Waals surface area contributed by atoms with E-state index >= 15 is 0 Å². The van der Waals surface area contributed by atoms with Crippen LogP contribution >= 0.6 is 0 Å². The molecule has 112 valence electrons. The first-order valence-corrected chi connectivity index (χ1v) is 6.39. The van der Waals surface area contributed by atoms with Gasteiger partial charge in [-0.1, -0.05) is 18.2 Å². The van der Waals surface area contributed by atoms with E-state index < -0.39 is 10.8 Å². The number of amides is 1. The Kier molecular flexibility index (Phi) is 4.81. The Labute approximate surface area is 126 Å². The Hall–Kier alpha value is -3.22. The third-order valence-electron chi connectivity index (χ3n) is 2.84. The molecule has 2 rings (SSSR count). The number of nitro benzene ring substituents is 1. The molecule has 0 fully saturated rings. The highest BCUT2D eigenvalue weighted by Gasteiger charge is 2.14. The number of hydrazone groups is 1. The number of rotatable bonds is 5. The Bertz CT molecular complexity index is 711. The van der Waals surface area contributed by atoms with E-state index in [1.54, 1.807) is 24.3 Å². The van der Waals surface area contributed by atoms with E-state index in [0.29, 0.717) is 11.1 Å². The standard InChI is InChI=1S/C15H13N3O4/c19-13-7-5-11(6-8-13)10-16-17-15(20)9-12-3-1-2-4-14(12)18(21)22/h1-8,10,19H,9H2,(H,17,20)/b16-10+. The summed E-state index contributed by atoms with van der Waals surface area (Å²) in [5, 5.41) is 23.8. The minimum atomic E-state index is -0.525. The van der Waals surface area contributed by atoms with Crippen molar-refractivity contribution in [3.8, 4) is 5.75 Å². The second-order valence-corrected chi connectivity index (χ2v) is 4.45. The molecule has 0 radical (unpaired) electrons. The number of phenols is 1. The molecule has 2 aromatic rings. The minimum Gasteiger partial charge on any atom is -0.508 e. The van der Waals surface area contributed by atoms with Crippen molar-refractivity contribution in [1.82, 2.24) is 5.43 Å². The zero-order chi connectivity index (χ0) is 15.9. The molecule has 0 atom stereocenters. The predicted molar refractivity (Wildman–Crippen MR) is 80.6 cm³/mol. The fourth-order valence-electron chi connectivity index (χ4n) is 1.79. The van der Waals surface area contributed by atoms with Gasteiger partial charge in [-0.15, -0.1) is 0 Å². The summed E-state index contributed by atoms with van der Waals surface area (Å²) in [7, 11) is 0. The van der Waals surface area contributed by atoms with Gasteiger partial charge in [-0.05, 0) is 29.8 Å². The van der Waals surface area contributed by atoms with Crippen molar-refractivity contribution < 1.29 is 14.8 Å². The lowest BCUT2D eigenvalue weighted by molar-refractivity contribution is -0.385. The molecule has 0 unspecified atom stereocenters. The molecule has 2 N–H and O–H groups in total. The quantitative estimate of drug-likeness (QED) is 0.500. The molecule has 0 aliphatic heterocycles. The van der Waals surface area contributed by atoms with Crippen molar-refractivity contribution in [3.63, 3.8) is 0 Å². The number of carbonyl (C=O) groups excluding carboxylic acids is 1. The molecular formula is C15H13N3O4. The van der Waals surface area contributed by atoms with E-state index in [-0.39, 0.29) is 17.9 Å². The molecule has 0 aliphatic rings. The lowest BCUT2D eigenvalue weighted by Crippen LogP contribution is -2.20. The average molecular weight is 299 g/mol. The zero-order valence-corrected chi connectivity index (χ0v) is 11.5. The van der Waals surface area contributed by atoms with Gasteiger partial charge < -0.3 is 5.11 Å². The van der Waals surface area contributed by atoms with Crippen molar-refractivity contribution in [2.45, 2.75) is 6.42 Å². The van der Waals surface area contributed by atoms with E-state index in [0.717, 1.165) is 0 Å². The van der Waals surface area contributed by atoms with Crippen molar-refractivity contribution in [3.05, 3.63) is 69.8 Å². The number of hydrogen-bond donors (Lipinski definition) is 2. The summed E-state index contributed by atoms with van der Waals surface area (Å²) < 4.78 is 0. The van der Waals surface area contributed by atoms with E-state index in [1.165, 1.54) is 30.5 Å². The number of aromatic hydroxyl groups is 1. The molecule has 7 nitrogen and oxygen atoms in total. The number of phenolic OH excluding ortho intramolecular Hbond substituents is 1. The Morgan fingerprint density at radius 1 is 1.23 bits per heavy atom. The number of hydrogen-bond acceptors (Lipinski definition) is 5. The maximum atomic E-state index is 11.7. The highest BCUT2D eigenvalue weighted by Crippen LogP contribution is 2.17. The van der Waals surface area contributed by atoms with Gasteiger partial charge in [-0.25, -0.2) is 5.43 Å². The van der Waals surface area contributed by atoms with E-state index in [2.05, 4.69) is 10.5 Å². The maximum absolute atomic E-state index is 11.7. The van der Waals surface area contributed by atoms with Crippen LogP contribution in [-0.4, -0.2) is 22.2 Å². The van der Waals surface area contributed by atoms with Crippen LogP contribution in [0.15, 0.2) is 53.6 Å². The summed E-state index contributed by atoms with van der Waals surface area (Å²) in [5.74, 6) is -0.318. The third-order valence-corrected chi connectivity index (χ3v) is 2.84. The summed E-state index contributed by atoms with van der Waals surface area (Å²) in [4.78, 5) is 22.1. The largest absolute Gasteiger partial charge is 0.508 e. The van der Waals surface area contributed by atoms with Crippen LogP contribution < -0.4 is 5.43 Å². The van der Waals surface area contributed by atoms with Gasteiger partial charge in [0.05, 0.1) is 17.6 Å². The second-order valence-electron chi connectivity index (χ2n) is 4.45.